The minimum atomic E-state index is 0.440. The molecule has 1 unspecified atom stereocenters. The molecule has 2 heterocycles. The van der Waals surface area contributed by atoms with Crippen LogP contribution in [-0.4, -0.2) is 30.4 Å². The third kappa shape index (κ3) is 3.30. The van der Waals surface area contributed by atoms with Crippen molar-refractivity contribution in [2.75, 3.05) is 25.1 Å². The highest BCUT2D eigenvalue weighted by atomic mass is 16.5. The number of aromatic nitrogens is 2. The molecule has 0 N–H and O–H groups in total. The summed E-state index contributed by atoms with van der Waals surface area (Å²) >= 11 is 0. The number of aryl methyl sites for hydroxylation is 1. The normalized spacial score (nSPS) is 16.7. The average molecular weight is 336 g/mol. The van der Waals surface area contributed by atoms with E-state index in [1.54, 1.807) is 7.11 Å². The fraction of sp³-hybridized carbons (Fsp3) is 0.450. The van der Waals surface area contributed by atoms with Gasteiger partial charge in [0.05, 0.1) is 12.8 Å². The lowest BCUT2D eigenvalue weighted by atomic mass is 9.98. The summed E-state index contributed by atoms with van der Waals surface area (Å²) in [5, 5.41) is 18.5. The molecule has 130 valence electrons. The monoisotopic (exact) mass is 336 g/mol. The topological polar surface area (TPSA) is 62.0 Å². The Hall–Kier alpha value is -2.61. The molecule has 5 nitrogen and oxygen atoms in total. The Bertz CT molecular complexity index is 780. The zero-order chi connectivity index (χ0) is 17.8. The summed E-state index contributed by atoms with van der Waals surface area (Å²) in [7, 11) is 1.68. The number of rotatable bonds is 5. The first-order valence-corrected chi connectivity index (χ1v) is 8.89. The summed E-state index contributed by atoms with van der Waals surface area (Å²) in [5.74, 6) is 2.06. The van der Waals surface area contributed by atoms with Crippen LogP contribution < -0.4 is 9.64 Å². The summed E-state index contributed by atoms with van der Waals surface area (Å²) in [5.41, 5.74) is 3.98. The minimum absolute atomic E-state index is 0.440. The number of hydrogen-bond acceptors (Lipinski definition) is 5. The zero-order valence-corrected chi connectivity index (χ0v) is 15.1. The Balaban J connectivity index is 1.85. The molecule has 0 spiro atoms. The molecule has 2 aromatic rings. The van der Waals surface area contributed by atoms with E-state index in [1.165, 1.54) is 5.56 Å². The molecular formula is C20H24N4O. The molecule has 5 heteroatoms. The molecule has 0 aliphatic carbocycles. The molecule has 0 saturated carbocycles. The van der Waals surface area contributed by atoms with Gasteiger partial charge in [0.25, 0.3) is 0 Å². The van der Waals surface area contributed by atoms with Gasteiger partial charge < -0.3 is 9.64 Å². The molecule has 1 saturated heterocycles. The lowest BCUT2D eigenvalue weighted by Crippen LogP contribution is -2.23. The summed E-state index contributed by atoms with van der Waals surface area (Å²) in [6.07, 6.45) is 2.67. The highest BCUT2D eigenvalue weighted by Gasteiger charge is 2.28. The van der Waals surface area contributed by atoms with Gasteiger partial charge in [-0.15, -0.1) is 5.10 Å². The predicted octanol–water partition coefficient (Wildman–Crippen LogP) is 3.48. The van der Waals surface area contributed by atoms with Crippen molar-refractivity contribution in [1.82, 2.24) is 10.2 Å². The molecule has 0 radical (unpaired) electrons. The van der Waals surface area contributed by atoms with Gasteiger partial charge in [0.15, 0.2) is 5.82 Å². The number of anilines is 1. The third-order valence-corrected chi connectivity index (χ3v) is 5.01. The van der Waals surface area contributed by atoms with Crippen LogP contribution in [0, 0.1) is 11.3 Å². The first-order chi connectivity index (χ1) is 12.2. The summed E-state index contributed by atoms with van der Waals surface area (Å²) in [6.45, 7) is 5.89. The van der Waals surface area contributed by atoms with Crippen molar-refractivity contribution in [3.05, 3.63) is 46.6 Å². The molecule has 1 aliphatic rings. The molecule has 3 rings (SSSR count). The van der Waals surface area contributed by atoms with Crippen molar-refractivity contribution in [3.8, 4) is 11.8 Å². The second kappa shape index (κ2) is 7.52. The van der Waals surface area contributed by atoms with Gasteiger partial charge in [0.2, 0.25) is 0 Å². The standard InChI is InChI=1S/C20H24N4O/c1-4-17-18(12-21)20(23-22-19(17)5-2)24-11-10-15(13-24)14-6-8-16(25-3)9-7-14/h6-9,15H,4-5,10-11,13H2,1-3H3. The lowest BCUT2D eigenvalue weighted by Gasteiger charge is -2.20. The first kappa shape index (κ1) is 17.2. The number of nitrogens with zero attached hydrogens (tertiary/aromatic N) is 4. The van der Waals surface area contributed by atoms with E-state index in [9.17, 15) is 5.26 Å². The predicted molar refractivity (Wildman–Crippen MR) is 98.1 cm³/mol. The number of benzene rings is 1. The fourth-order valence-electron chi connectivity index (χ4n) is 3.60. The van der Waals surface area contributed by atoms with Crippen molar-refractivity contribution in [1.29, 1.82) is 5.26 Å². The van der Waals surface area contributed by atoms with Crippen LogP contribution in [0.1, 0.15) is 48.6 Å². The summed E-state index contributed by atoms with van der Waals surface area (Å²) < 4.78 is 5.24. The van der Waals surface area contributed by atoms with E-state index in [0.29, 0.717) is 11.5 Å². The van der Waals surface area contributed by atoms with Crippen LogP contribution in [0.2, 0.25) is 0 Å². The highest BCUT2D eigenvalue weighted by molar-refractivity contribution is 5.59. The molecule has 1 fully saturated rings. The Kier molecular flexibility index (Phi) is 5.18. The zero-order valence-electron chi connectivity index (χ0n) is 15.1. The molecule has 1 aliphatic heterocycles. The quantitative estimate of drug-likeness (QED) is 0.836. The van der Waals surface area contributed by atoms with Crippen LogP contribution in [0.3, 0.4) is 0 Å². The van der Waals surface area contributed by atoms with Gasteiger partial charge >= 0.3 is 0 Å². The summed E-state index contributed by atoms with van der Waals surface area (Å²) in [6, 6.07) is 10.6. The maximum absolute atomic E-state index is 9.69. The SMILES string of the molecule is CCc1nnc(N2CCC(c3ccc(OC)cc3)C2)c(C#N)c1CC. The first-order valence-electron chi connectivity index (χ1n) is 8.89. The lowest BCUT2D eigenvalue weighted by molar-refractivity contribution is 0.414. The van der Waals surface area contributed by atoms with Crippen molar-refractivity contribution >= 4 is 5.82 Å². The van der Waals surface area contributed by atoms with Crippen molar-refractivity contribution in [2.45, 2.75) is 39.0 Å². The molecule has 0 amide bonds. The van der Waals surface area contributed by atoms with E-state index >= 15 is 0 Å². The van der Waals surface area contributed by atoms with Gasteiger partial charge in [-0.3, -0.25) is 0 Å². The minimum Gasteiger partial charge on any atom is -0.497 e. The van der Waals surface area contributed by atoms with Crippen LogP contribution in [-0.2, 0) is 12.8 Å². The van der Waals surface area contributed by atoms with Crippen LogP contribution in [0.25, 0.3) is 0 Å². The molecule has 1 atom stereocenters. The van der Waals surface area contributed by atoms with Gasteiger partial charge in [0, 0.05) is 19.0 Å². The summed E-state index contributed by atoms with van der Waals surface area (Å²) in [4.78, 5) is 2.21. The van der Waals surface area contributed by atoms with Gasteiger partial charge in [-0.25, -0.2) is 0 Å². The van der Waals surface area contributed by atoms with Gasteiger partial charge in [-0.1, -0.05) is 26.0 Å². The molecule has 1 aromatic heterocycles. The Labute approximate surface area is 149 Å². The number of ether oxygens (including phenoxy) is 1. The molecular weight excluding hydrogens is 312 g/mol. The second-order valence-electron chi connectivity index (χ2n) is 6.35. The molecule has 1 aromatic carbocycles. The van der Waals surface area contributed by atoms with Crippen molar-refractivity contribution in [2.24, 2.45) is 0 Å². The highest BCUT2D eigenvalue weighted by Crippen LogP contribution is 2.33. The van der Waals surface area contributed by atoms with Gasteiger partial charge in [-0.05, 0) is 42.5 Å². The van der Waals surface area contributed by atoms with E-state index in [1.807, 2.05) is 12.1 Å². The molecule has 25 heavy (non-hydrogen) atoms. The third-order valence-electron chi connectivity index (χ3n) is 5.01. The van der Waals surface area contributed by atoms with E-state index in [2.05, 4.69) is 47.1 Å². The second-order valence-corrected chi connectivity index (χ2v) is 6.35. The van der Waals surface area contributed by atoms with Crippen LogP contribution in [0.5, 0.6) is 5.75 Å². The number of nitriles is 1. The van der Waals surface area contributed by atoms with Crippen molar-refractivity contribution in [3.63, 3.8) is 0 Å². The van der Waals surface area contributed by atoms with E-state index < -0.39 is 0 Å². The van der Waals surface area contributed by atoms with Gasteiger partial charge in [0.1, 0.15) is 17.4 Å². The Morgan fingerprint density at radius 2 is 1.96 bits per heavy atom. The average Bonchev–Trinajstić information content (AvgIpc) is 3.16. The van der Waals surface area contributed by atoms with E-state index in [4.69, 9.17) is 4.74 Å². The fourth-order valence-corrected chi connectivity index (χ4v) is 3.60. The van der Waals surface area contributed by atoms with Crippen molar-refractivity contribution < 1.29 is 4.74 Å². The number of hydrogen-bond donors (Lipinski definition) is 0. The number of methoxy groups -OCH3 is 1. The smallest absolute Gasteiger partial charge is 0.169 e. The van der Waals surface area contributed by atoms with E-state index in [0.717, 1.165) is 55.2 Å². The molecule has 0 bridgehead atoms. The maximum Gasteiger partial charge on any atom is 0.169 e. The van der Waals surface area contributed by atoms with Crippen LogP contribution >= 0.6 is 0 Å². The van der Waals surface area contributed by atoms with E-state index in [-0.39, 0.29) is 0 Å². The largest absolute Gasteiger partial charge is 0.497 e. The Morgan fingerprint density at radius 3 is 2.56 bits per heavy atom. The maximum atomic E-state index is 9.69. The van der Waals surface area contributed by atoms with Gasteiger partial charge in [-0.2, -0.15) is 10.4 Å². The van der Waals surface area contributed by atoms with Crippen LogP contribution in [0.15, 0.2) is 24.3 Å². The Morgan fingerprint density at radius 1 is 1.20 bits per heavy atom. The van der Waals surface area contributed by atoms with Crippen LogP contribution in [0.4, 0.5) is 5.82 Å².